The van der Waals surface area contributed by atoms with Crippen molar-refractivity contribution in [3.8, 4) is 33.4 Å². The van der Waals surface area contributed by atoms with Crippen molar-refractivity contribution < 1.29 is 0 Å². The van der Waals surface area contributed by atoms with Gasteiger partial charge in [0.2, 0.25) is 0 Å². The van der Waals surface area contributed by atoms with Gasteiger partial charge in [-0.05, 0) is 142 Å². The van der Waals surface area contributed by atoms with Crippen molar-refractivity contribution >= 4 is 47.8 Å². The Morgan fingerprint density at radius 3 is 0.857 bits per heavy atom. The Kier molecular flexibility index (Phi) is 6.86. The molecule has 0 aromatic heterocycles. The Morgan fingerprint density at radius 1 is 0.405 bits per heavy atom. The van der Waals surface area contributed by atoms with E-state index < -0.39 is 0 Å². The highest BCUT2D eigenvalue weighted by molar-refractivity contribution is 9.11. The first-order chi connectivity index (χ1) is 20.2. The molecule has 0 nitrogen and oxygen atoms in total. The summed E-state index contributed by atoms with van der Waals surface area (Å²) in [6.45, 7) is 14.5. The van der Waals surface area contributed by atoms with Gasteiger partial charge in [0.1, 0.15) is 0 Å². The van der Waals surface area contributed by atoms with Gasteiger partial charge in [0.05, 0.1) is 0 Å². The topological polar surface area (TPSA) is 0 Å². The van der Waals surface area contributed by atoms with E-state index in [1.807, 2.05) is 0 Å². The molecule has 0 radical (unpaired) electrons. The molecule has 4 aromatic rings. The maximum Gasteiger partial charge on any atom is 0.0216 e. The SMILES string of the molecule is CCC1(CC)c2ccc(Br)cc2-c2c1c1c(c3c2C(CC)(CC)c2ccc(Br)cc2-3)C(CC)(CC)c2ccc(Br)cc2-1. The summed E-state index contributed by atoms with van der Waals surface area (Å²) in [5.41, 5.74) is 18.2. The first-order valence-electron chi connectivity index (χ1n) is 15.9. The molecule has 3 heteroatoms. The van der Waals surface area contributed by atoms with Crippen LogP contribution in [0.5, 0.6) is 0 Å². The van der Waals surface area contributed by atoms with Crippen LogP contribution in [0.4, 0.5) is 0 Å². The fourth-order valence-electron chi connectivity index (χ4n) is 9.77. The van der Waals surface area contributed by atoms with E-state index in [0.29, 0.717) is 0 Å². The summed E-state index contributed by atoms with van der Waals surface area (Å²) >= 11 is 11.7. The van der Waals surface area contributed by atoms with Crippen LogP contribution in [0.3, 0.4) is 0 Å². The van der Waals surface area contributed by atoms with Crippen LogP contribution >= 0.6 is 47.8 Å². The summed E-state index contributed by atoms with van der Waals surface area (Å²) in [4.78, 5) is 0. The van der Waals surface area contributed by atoms with Crippen LogP contribution < -0.4 is 0 Å². The van der Waals surface area contributed by atoms with Crippen molar-refractivity contribution in [3.05, 3.63) is 101 Å². The molecular formula is C39H39Br3. The Morgan fingerprint density at radius 2 is 0.643 bits per heavy atom. The normalized spacial score (nSPS) is 17.4. The number of fused-ring (bicyclic) bond motifs is 12. The van der Waals surface area contributed by atoms with E-state index in [0.717, 1.165) is 38.5 Å². The van der Waals surface area contributed by atoms with Gasteiger partial charge in [0, 0.05) is 29.7 Å². The molecule has 0 unspecified atom stereocenters. The molecule has 0 bridgehead atoms. The quantitative estimate of drug-likeness (QED) is 0.184. The van der Waals surface area contributed by atoms with Crippen LogP contribution in [0.1, 0.15) is 113 Å². The second kappa shape index (κ2) is 9.91. The van der Waals surface area contributed by atoms with Crippen LogP contribution in [0.2, 0.25) is 0 Å². The van der Waals surface area contributed by atoms with Crippen LogP contribution in [0, 0.1) is 0 Å². The fraction of sp³-hybridized carbons (Fsp3) is 0.385. The van der Waals surface area contributed by atoms with Gasteiger partial charge in [0.25, 0.3) is 0 Å². The molecule has 0 N–H and O–H groups in total. The molecular weight excluding hydrogens is 708 g/mol. The number of hydrogen-bond acceptors (Lipinski definition) is 0. The maximum atomic E-state index is 3.91. The summed E-state index contributed by atoms with van der Waals surface area (Å²) < 4.78 is 3.50. The Labute approximate surface area is 277 Å². The van der Waals surface area contributed by atoms with Crippen molar-refractivity contribution in [2.75, 3.05) is 0 Å². The van der Waals surface area contributed by atoms with Crippen molar-refractivity contribution in [1.82, 2.24) is 0 Å². The minimum atomic E-state index is -0.0236. The van der Waals surface area contributed by atoms with Crippen LogP contribution in [-0.4, -0.2) is 0 Å². The largest absolute Gasteiger partial charge is 0.0642 e. The van der Waals surface area contributed by atoms with Crippen molar-refractivity contribution in [2.45, 2.75) is 96.3 Å². The van der Waals surface area contributed by atoms with Gasteiger partial charge in [0.15, 0.2) is 0 Å². The van der Waals surface area contributed by atoms with Gasteiger partial charge in [-0.25, -0.2) is 0 Å². The van der Waals surface area contributed by atoms with Crippen molar-refractivity contribution in [3.63, 3.8) is 0 Å². The molecule has 0 atom stereocenters. The molecule has 0 saturated heterocycles. The predicted octanol–water partition coefficient (Wildman–Crippen LogP) is 13.2. The summed E-state index contributed by atoms with van der Waals surface area (Å²) in [5.74, 6) is 0. The minimum Gasteiger partial charge on any atom is -0.0642 e. The number of benzene rings is 4. The molecule has 42 heavy (non-hydrogen) atoms. The molecule has 0 aliphatic heterocycles. The van der Waals surface area contributed by atoms with Crippen LogP contribution in [0.25, 0.3) is 33.4 Å². The zero-order valence-electron chi connectivity index (χ0n) is 25.6. The van der Waals surface area contributed by atoms with E-state index in [2.05, 4.69) is 144 Å². The van der Waals surface area contributed by atoms with E-state index in [9.17, 15) is 0 Å². The first-order valence-corrected chi connectivity index (χ1v) is 18.3. The average molecular weight is 747 g/mol. The van der Waals surface area contributed by atoms with Crippen LogP contribution in [-0.2, 0) is 16.2 Å². The Bertz CT molecular complexity index is 1550. The summed E-state index contributed by atoms with van der Waals surface area (Å²) in [5, 5.41) is 0. The number of rotatable bonds is 6. The van der Waals surface area contributed by atoms with Gasteiger partial charge < -0.3 is 0 Å². The third-order valence-corrected chi connectivity index (χ3v) is 13.3. The third kappa shape index (κ3) is 3.29. The van der Waals surface area contributed by atoms with Gasteiger partial charge in [-0.2, -0.15) is 0 Å². The molecule has 0 amide bonds. The molecule has 0 spiro atoms. The maximum absolute atomic E-state index is 3.91. The molecule has 0 saturated carbocycles. The van der Waals surface area contributed by atoms with Crippen molar-refractivity contribution in [1.29, 1.82) is 0 Å². The van der Waals surface area contributed by atoms with Gasteiger partial charge in [-0.15, -0.1) is 0 Å². The van der Waals surface area contributed by atoms with E-state index >= 15 is 0 Å². The van der Waals surface area contributed by atoms with E-state index in [-0.39, 0.29) is 16.2 Å². The lowest BCUT2D eigenvalue weighted by molar-refractivity contribution is 0.473. The highest BCUT2D eigenvalue weighted by atomic mass is 79.9. The zero-order valence-corrected chi connectivity index (χ0v) is 30.3. The Balaban J connectivity index is 1.83. The Hall–Kier alpha value is -1.68. The summed E-state index contributed by atoms with van der Waals surface area (Å²) in [6.07, 6.45) is 6.55. The lowest BCUT2D eigenvalue weighted by Crippen LogP contribution is -2.29. The standard InChI is InChI=1S/C39H39Br3/c1-7-37(8-2)28-16-13-22(40)19-25(28)31-34(37)32-26-20-23(41)14-17-29(26)38(9-3,10-4)36(32)33-27-21-24(42)15-18-30(27)39(11-5,12-6)35(31)33/h13-21H,7-12H2,1-6H3. The molecule has 0 heterocycles. The highest BCUT2D eigenvalue weighted by Crippen LogP contribution is 2.70. The zero-order chi connectivity index (χ0) is 29.8. The van der Waals surface area contributed by atoms with E-state index in [1.165, 1.54) is 63.5 Å². The third-order valence-electron chi connectivity index (χ3n) is 11.9. The van der Waals surface area contributed by atoms with Crippen molar-refractivity contribution in [2.24, 2.45) is 0 Å². The monoisotopic (exact) mass is 744 g/mol. The van der Waals surface area contributed by atoms with Gasteiger partial charge in [-0.3, -0.25) is 0 Å². The molecule has 216 valence electrons. The number of hydrogen-bond donors (Lipinski definition) is 0. The number of halogens is 3. The lowest BCUT2D eigenvalue weighted by Gasteiger charge is -2.37. The summed E-state index contributed by atoms with van der Waals surface area (Å²) in [7, 11) is 0. The second-order valence-electron chi connectivity index (χ2n) is 12.7. The smallest absolute Gasteiger partial charge is 0.0216 e. The highest BCUT2D eigenvalue weighted by Gasteiger charge is 2.56. The average Bonchev–Trinajstić information content (AvgIpc) is 3.56. The summed E-state index contributed by atoms with van der Waals surface area (Å²) in [6, 6.07) is 21.4. The minimum absolute atomic E-state index is 0.0236. The molecule has 0 fully saturated rings. The second-order valence-corrected chi connectivity index (χ2v) is 15.4. The molecule has 3 aliphatic rings. The van der Waals surface area contributed by atoms with Gasteiger partial charge >= 0.3 is 0 Å². The van der Waals surface area contributed by atoms with E-state index in [1.54, 1.807) is 16.7 Å². The first kappa shape index (κ1) is 29.1. The molecule has 3 aliphatic carbocycles. The van der Waals surface area contributed by atoms with Crippen LogP contribution in [0.15, 0.2) is 68.0 Å². The van der Waals surface area contributed by atoms with E-state index in [4.69, 9.17) is 0 Å². The lowest BCUT2D eigenvalue weighted by atomic mass is 9.65. The molecule has 4 aromatic carbocycles. The molecule has 7 rings (SSSR count). The predicted molar refractivity (Wildman–Crippen MR) is 190 cm³/mol. The fourth-order valence-corrected chi connectivity index (χ4v) is 10.9. The van der Waals surface area contributed by atoms with Gasteiger partial charge in [-0.1, -0.05) is 108 Å².